The molecule has 0 bridgehead atoms. The molecule has 74 valence electrons. The molecule has 0 aliphatic carbocycles. The molecule has 4 nitrogen and oxygen atoms in total. The van der Waals surface area contributed by atoms with Crippen molar-refractivity contribution < 1.29 is 18.6 Å². The van der Waals surface area contributed by atoms with Crippen molar-refractivity contribution in [2.24, 2.45) is 0 Å². The lowest BCUT2D eigenvalue weighted by molar-refractivity contribution is 0.319. The summed E-state index contributed by atoms with van der Waals surface area (Å²) in [6.45, 7) is -0.238. The van der Waals surface area contributed by atoms with Crippen LogP contribution >= 0.6 is 11.8 Å². The first-order valence-electron chi connectivity index (χ1n) is 3.62. The zero-order valence-corrected chi connectivity index (χ0v) is 8.40. The fourth-order valence-corrected chi connectivity index (χ4v) is 2.90. The Bertz CT molecular complexity index is 188. The zero-order valence-electron chi connectivity index (χ0n) is 6.77. The number of aliphatic hydroxyl groups is 2. The summed E-state index contributed by atoms with van der Waals surface area (Å²) in [6, 6.07) is 0. The maximum atomic E-state index is 11.0. The van der Waals surface area contributed by atoms with E-state index in [1.54, 1.807) is 0 Å². The Hall–Kier alpha value is 0.220. The first-order valence-corrected chi connectivity index (χ1v) is 6.60. The highest BCUT2D eigenvalue weighted by Crippen LogP contribution is 2.01. The molecular formula is C6H14O4S2. The third-order valence-electron chi connectivity index (χ3n) is 1.18. The number of hydrogen-bond acceptors (Lipinski definition) is 5. The predicted molar refractivity (Wildman–Crippen MR) is 50.2 cm³/mol. The summed E-state index contributed by atoms with van der Waals surface area (Å²) in [5.74, 6) is 0.975. The summed E-state index contributed by atoms with van der Waals surface area (Å²) < 4.78 is 21.9. The van der Waals surface area contributed by atoms with Gasteiger partial charge in [-0.2, -0.15) is 11.8 Å². The molecule has 0 aliphatic heterocycles. The van der Waals surface area contributed by atoms with Crippen molar-refractivity contribution in [2.45, 2.75) is 0 Å². The van der Waals surface area contributed by atoms with E-state index >= 15 is 0 Å². The molecule has 0 rings (SSSR count). The molecule has 0 saturated heterocycles. The predicted octanol–water partition coefficient (Wildman–Crippen LogP) is -0.881. The normalized spacial score (nSPS) is 11.8. The molecule has 0 saturated carbocycles. The molecule has 6 heteroatoms. The molecule has 0 fully saturated rings. The topological polar surface area (TPSA) is 74.6 Å². The van der Waals surface area contributed by atoms with Crippen LogP contribution in [0, 0.1) is 0 Å². The second-order valence-corrected chi connectivity index (χ2v) is 5.74. The van der Waals surface area contributed by atoms with Crippen LogP contribution < -0.4 is 0 Å². The van der Waals surface area contributed by atoms with Crippen LogP contribution in [0.5, 0.6) is 0 Å². The van der Waals surface area contributed by atoms with Gasteiger partial charge in [0.05, 0.1) is 24.7 Å². The number of thioether (sulfide) groups is 1. The second-order valence-electron chi connectivity index (χ2n) is 2.21. The number of sulfone groups is 1. The van der Waals surface area contributed by atoms with Crippen molar-refractivity contribution in [3.05, 3.63) is 0 Å². The van der Waals surface area contributed by atoms with Crippen molar-refractivity contribution in [1.29, 1.82) is 0 Å². The van der Waals surface area contributed by atoms with Crippen LogP contribution in [-0.2, 0) is 9.84 Å². The highest BCUT2D eigenvalue weighted by molar-refractivity contribution is 8.00. The molecule has 0 aromatic carbocycles. The average molecular weight is 214 g/mol. The smallest absolute Gasteiger partial charge is 0.153 e. The first-order chi connectivity index (χ1) is 5.62. The maximum Gasteiger partial charge on any atom is 0.153 e. The lowest BCUT2D eigenvalue weighted by Gasteiger charge is -2.00. The van der Waals surface area contributed by atoms with Crippen LogP contribution in [0.3, 0.4) is 0 Å². The van der Waals surface area contributed by atoms with E-state index in [-0.39, 0.29) is 24.7 Å². The minimum absolute atomic E-state index is 0.0741. The van der Waals surface area contributed by atoms with E-state index in [4.69, 9.17) is 10.2 Å². The molecule has 0 atom stereocenters. The monoisotopic (exact) mass is 214 g/mol. The fraction of sp³-hybridized carbons (Fsp3) is 1.00. The highest BCUT2D eigenvalue weighted by Gasteiger charge is 2.08. The Morgan fingerprint density at radius 1 is 1.00 bits per heavy atom. The van der Waals surface area contributed by atoms with Gasteiger partial charge in [0.25, 0.3) is 0 Å². The molecular weight excluding hydrogens is 200 g/mol. The van der Waals surface area contributed by atoms with Crippen LogP contribution in [-0.4, -0.2) is 54.9 Å². The summed E-state index contributed by atoms with van der Waals surface area (Å²) in [5, 5.41) is 16.8. The lowest BCUT2D eigenvalue weighted by atomic mass is 10.9. The Morgan fingerprint density at radius 2 is 1.67 bits per heavy atom. The van der Waals surface area contributed by atoms with E-state index in [9.17, 15) is 8.42 Å². The minimum atomic E-state index is -3.06. The highest BCUT2D eigenvalue weighted by atomic mass is 32.2. The van der Waals surface area contributed by atoms with E-state index in [0.717, 1.165) is 0 Å². The molecule has 0 aromatic rings. The SMILES string of the molecule is O=S(=O)(CCO)CCSCCO. The van der Waals surface area contributed by atoms with Gasteiger partial charge in [0.15, 0.2) is 9.84 Å². The van der Waals surface area contributed by atoms with Crippen LogP contribution in [0.2, 0.25) is 0 Å². The van der Waals surface area contributed by atoms with Crippen LogP contribution in [0.4, 0.5) is 0 Å². The molecule has 0 radical (unpaired) electrons. The molecule has 0 unspecified atom stereocenters. The van der Waals surface area contributed by atoms with Crippen molar-refractivity contribution in [3.8, 4) is 0 Å². The standard InChI is InChI=1S/C6H14O4S2/c7-1-3-11-4-6-12(9,10)5-2-8/h7-8H,1-6H2. The quantitative estimate of drug-likeness (QED) is 0.538. The summed E-state index contributed by atoms with van der Waals surface area (Å²) in [4.78, 5) is 0. The second kappa shape index (κ2) is 6.71. The largest absolute Gasteiger partial charge is 0.396 e. The number of aliphatic hydroxyl groups excluding tert-OH is 2. The Morgan fingerprint density at radius 3 is 2.17 bits per heavy atom. The number of rotatable bonds is 7. The van der Waals surface area contributed by atoms with Gasteiger partial charge in [-0.05, 0) is 0 Å². The van der Waals surface area contributed by atoms with Gasteiger partial charge >= 0.3 is 0 Å². The average Bonchev–Trinajstić information content (AvgIpc) is 1.98. The lowest BCUT2D eigenvalue weighted by Crippen LogP contribution is -2.15. The molecule has 0 amide bonds. The van der Waals surface area contributed by atoms with Gasteiger partial charge in [-0.3, -0.25) is 0 Å². The van der Waals surface area contributed by atoms with E-state index in [1.165, 1.54) is 11.8 Å². The zero-order chi connectivity index (χ0) is 9.45. The van der Waals surface area contributed by atoms with E-state index in [2.05, 4.69) is 0 Å². The third kappa shape index (κ3) is 6.90. The third-order valence-corrected chi connectivity index (χ3v) is 4.03. The van der Waals surface area contributed by atoms with Crippen LogP contribution in [0.25, 0.3) is 0 Å². The van der Waals surface area contributed by atoms with E-state index in [1.807, 2.05) is 0 Å². The molecule has 0 aliphatic rings. The van der Waals surface area contributed by atoms with Gasteiger partial charge in [0.1, 0.15) is 0 Å². The Labute approximate surface area is 76.9 Å². The molecule has 12 heavy (non-hydrogen) atoms. The van der Waals surface area contributed by atoms with Crippen LogP contribution in [0.15, 0.2) is 0 Å². The molecule has 0 heterocycles. The van der Waals surface area contributed by atoms with E-state index < -0.39 is 9.84 Å². The van der Waals surface area contributed by atoms with Crippen LogP contribution in [0.1, 0.15) is 0 Å². The summed E-state index contributed by atoms with van der Waals surface area (Å²) in [7, 11) is -3.06. The van der Waals surface area contributed by atoms with Gasteiger partial charge in [-0.25, -0.2) is 8.42 Å². The molecule has 2 N–H and O–H groups in total. The van der Waals surface area contributed by atoms with Crippen molar-refractivity contribution in [3.63, 3.8) is 0 Å². The summed E-state index contributed by atoms with van der Waals surface area (Å²) in [6.07, 6.45) is 0. The van der Waals surface area contributed by atoms with E-state index in [0.29, 0.717) is 11.5 Å². The van der Waals surface area contributed by atoms with Crippen molar-refractivity contribution >= 4 is 21.6 Å². The summed E-state index contributed by atoms with van der Waals surface area (Å²) >= 11 is 1.40. The van der Waals surface area contributed by atoms with Gasteiger partial charge in [0, 0.05) is 11.5 Å². The van der Waals surface area contributed by atoms with Gasteiger partial charge < -0.3 is 10.2 Å². The van der Waals surface area contributed by atoms with Gasteiger partial charge in [-0.1, -0.05) is 0 Å². The van der Waals surface area contributed by atoms with Gasteiger partial charge in [-0.15, -0.1) is 0 Å². The first kappa shape index (κ1) is 12.2. The fourth-order valence-electron chi connectivity index (χ4n) is 0.594. The Kier molecular flexibility index (Phi) is 6.83. The Balaban J connectivity index is 3.48. The molecule has 0 spiro atoms. The minimum Gasteiger partial charge on any atom is -0.396 e. The summed E-state index contributed by atoms with van der Waals surface area (Å²) in [5.41, 5.74) is 0. The molecule has 0 aromatic heterocycles. The van der Waals surface area contributed by atoms with Gasteiger partial charge in [0.2, 0.25) is 0 Å². The number of hydrogen-bond donors (Lipinski definition) is 2. The van der Waals surface area contributed by atoms with Crippen molar-refractivity contribution in [1.82, 2.24) is 0 Å². The van der Waals surface area contributed by atoms with Crippen molar-refractivity contribution in [2.75, 3.05) is 36.2 Å². The maximum absolute atomic E-state index is 11.0.